The van der Waals surface area contributed by atoms with Crippen molar-refractivity contribution in [2.24, 2.45) is 5.73 Å². The number of hydrogen-bond acceptors (Lipinski definition) is 3. The molecule has 1 aromatic carbocycles. The zero-order valence-corrected chi connectivity index (χ0v) is 9.31. The molecule has 0 aliphatic rings. The number of ether oxygens (including phenoxy) is 1. The molecular weight excluding hydrogens is 239 g/mol. The monoisotopic (exact) mass is 248 g/mol. The van der Waals surface area contributed by atoms with Gasteiger partial charge in [0, 0.05) is 13.1 Å². The standard InChI is InChI=1S/C9H10Cl2N2O2/c10-6-2-1-3-7(11)8(6)15-9(14)13-5-4-12/h1-3H,4-5,12H2,(H,13,14). The fourth-order valence-corrected chi connectivity index (χ4v) is 1.36. The van der Waals surface area contributed by atoms with Crippen LogP contribution in [0.3, 0.4) is 0 Å². The van der Waals surface area contributed by atoms with Crippen LogP contribution in [-0.2, 0) is 0 Å². The number of halogens is 2. The molecule has 0 bridgehead atoms. The molecule has 0 saturated carbocycles. The van der Waals surface area contributed by atoms with Crippen LogP contribution in [-0.4, -0.2) is 19.2 Å². The summed E-state index contributed by atoms with van der Waals surface area (Å²) in [7, 11) is 0. The molecule has 0 aliphatic carbocycles. The maximum absolute atomic E-state index is 11.2. The van der Waals surface area contributed by atoms with Gasteiger partial charge in [0.2, 0.25) is 0 Å². The molecule has 82 valence electrons. The Labute approximate surface area is 97.3 Å². The Balaban J connectivity index is 2.68. The molecule has 0 radical (unpaired) electrons. The quantitative estimate of drug-likeness (QED) is 0.861. The van der Waals surface area contributed by atoms with Crippen molar-refractivity contribution >= 4 is 29.3 Å². The number of amides is 1. The molecule has 0 saturated heterocycles. The minimum absolute atomic E-state index is 0.148. The number of nitrogens with one attached hydrogen (secondary N) is 1. The van der Waals surface area contributed by atoms with Crippen molar-refractivity contribution in [1.29, 1.82) is 0 Å². The average molecular weight is 249 g/mol. The van der Waals surface area contributed by atoms with Crippen LogP contribution < -0.4 is 15.8 Å². The lowest BCUT2D eigenvalue weighted by molar-refractivity contribution is 0.201. The highest BCUT2D eigenvalue weighted by Gasteiger charge is 2.10. The van der Waals surface area contributed by atoms with E-state index in [1.165, 1.54) is 0 Å². The molecule has 1 amide bonds. The molecule has 4 nitrogen and oxygen atoms in total. The van der Waals surface area contributed by atoms with Gasteiger partial charge >= 0.3 is 6.09 Å². The first kappa shape index (κ1) is 12.1. The zero-order chi connectivity index (χ0) is 11.3. The maximum atomic E-state index is 11.2. The molecule has 15 heavy (non-hydrogen) atoms. The van der Waals surface area contributed by atoms with Gasteiger partial charge in [0.05, 0.1) is 10.0 Å². The SMILES string of the molecule is NCCNC(=O)Oc1c(Cl)cccc1Cl. The number of carbonyl (C=O) groups excluding carboxylic acids is 1. The molecular formula is C9H10Cl2N2O2. The van der Waals surface area contributed by atoms with Gasteiger partial charge in [-0.1, -0.05) is 29.3 Å². The highest BCUT2D eigenvalue weighted by Crippen LogP contribution is 2.32. The van der Waals surface area contributed by atoms with E-state index in [-0.39, 0.29) is 15.8 Å². The van der Waals surface area contributed by atoms with Crippen molar-refractivity contribution in [3.63, 3.8) is 0 Å². The summed E-state index contributed by atoms with van der Waals surface area (Å²) in [6.45, 7) is 0.673. The Bertz CT molecular complexity index is 338. The predicted molar refractivity (Wildman–Crippen MR) is 59.5 cm³/mol. The molecule has 0 aliphatic heterocycles. The van der Waals surface area contributed by atoms with Crippen LogP contribution in [0, 0.1) is 0 Å². The Kier molecular flexibility index (Phi) is 4.68. The first-order valence-corrected chi connectivity index (χ1v) is 5.00. The summed E-state index contributed by atoms with van der Waals surface area (Å²) in [5.41, 5.74) is 5.21. The number of carbonyl (C=O) groups is 1. The fraction of sp³-hybridized carbons (Fsp3) is 0.222. The smallest absolute Gasteiger partial charge is 0.407 e. The van der Waals surface area contributed by atoms with Gasteiger partial charge in [-0.25, -0.2) is 4.79 Å². The lowest BCUT2D eigenvalue weighted by atomic mass is 10.3. The van der Waals surface area contributed by atoms with E-state index in [1.807, 2.05) is 0 Å². The van der Waals surface area contributed by atoms with Gasteiger partial charge in [0.25, 0.3) is 0 Å². The number of benzene rings is 1. The first-order chi connectivity index (χ1) is 7.15. The van der Waals surface area contributed by atoms with E-state index >= 15 is 0 Å². The Hall–Kier alpha value is -0.970. The van der Waals surface area contributed by atoms with Crippen molar-refractivity contribution in [2.75, 3.05) is 13.1 Å². The van der Waals surface area contributed by atoms with Gasteiger partial charge < -0.3 is 15.8 Å². The molecule has 6 heteroatoms. The van der Waals surface area contributed by atoms with Gasteiger partial charge in [-0.3, -0.25) is 0 Å². The van der Waals surface area contributed by atoms with Crippen LogP contribution in [0.2, 0.25) is 10.0 Å². The molecule has 3 N–H and O–H groups in total. The van der Waals surface area contributed by atoms with Gasteiger partial charge in [-0.05, 0) is 12.1 Å². The van der Waals surface area contributed by atoms with Gasteiger partial charge in [-0.2, -0.15) is 0 Å². The molecule has 0 unspecified atom stereocenters. The Morgan fingerprint density at radius 2 is 2.00 bits per heavy atom. The Morgan fingerprint density at radius 3 is 2.53 bits per heavy atom. The summed E-state index contributed by atoms with van der Waals surface area (Å²) in [4.78, 5) is 11.2. The summed E-state index contributed by atoms with van der Waals surface area (Å²) < 4.78 is 4.91. The molecule has 0 atom stereocenters. The van der Waals surface area contributed by atoms with Crippen molar-refractivity contribution in [2.45, 2.75) is 0 Å². The number of hydrogen-bond donors (Lipinski definition) is 2. The van der Waals surface area contributed by atoms with Gasteiger partial charge in [-0.15, -0.1) is 0 Å². The summed E-state index contributed by atoms with van der Waals surface area (Å²) in [5.74, 6) is 0.148. The Morgan fingerprint density at radius 1 is 1.40 bits per heavy atom. The topological polar surface area (TPSA) is 64.3 Å². The second-order valence-corrected chi connectivity index (χ2v) is 3.47. The number of nitrogens with two attached hydrogens (primary N) is 1. The molecule has 1 rings (SSSR count). The minimum atomic E-state index is -0.629. The summed E-state index contributed by atoms with van der Waals surface area (Å²) in [6.07, 6.45) is -0.629. The number of rotatable bonds is 3. The zero-order valence-electron chi connectivity index (χ0n) is 7.80. The summed E-state index contributed by atoms with van der Waals surface area (Å²) in [6, 6.07) is 4.83. The van der Waals surface area contributed by atoms with Crippen molar-refractivity contribution < 1.29 is 9.53 Å². The number of para-hydroxylation sites is 1. The van der Waals surface area contributed by atoms with E-state index < -0.39 is 6.09 Å². The van der Waals surface area contributed by atoms with Crippen LogP contribution >= 0.6 is 23.2 Å². The van der Waals surface area contributed by atoms with Crippen molar-refractivity contribution in [1.82, 2.24) is 5.32 Å². The van der Waals surface area contributed by atoms with Crippen molar-refractivity contribution in [3.8, 4) is 5.75 Å². The van der Waals surface area contributed by atoms with E-state index in [2.05, 4.69) is 5.32 Å². The third kappa shape index (κ3) is 3.58. The largest absolute Gasteiger partial charge is 0.412 e. The van der Waals surface area contributed by atoms with E-state index in [9.17, 15) is 4.79 Å². The van der Waals surface area contributed by atoms with Crippen LogP contribution in [0.1, 0.15) is 0 Å². The molecule has 0 heterocycles. The van der Waals surface area contributed by atoms with Gasteiger partial charge in [0.15, 0.2) is 5.75 Å². The highest BCUT2D eigenvalue weighted by atomic mass is 35.5. The molecule has 0 fully saturated rings. The predicted octanol–water partition coefficient (Wildman–Crippen LogP) is 2.04. The molecule has 0 aromatic heterocycles. The second-order valence-electron chi connectivity index (χ2n) is 2.66. The lowest BCUT2D eigenvalue weighted by Crippen LogP contribution is -2.31. The lowest BCUT2D eigenvalue weighted by Gasteiger charge is -2.08. The molecule has 0 spiro atoms. The van der Waals surface area contributed by atoms with Crippen LogP contribution in [0.5, 0.6) is 5.75 Å². The van der Waals surface area contributed by atoms with Gasteiger partial charge in [0.1, 0.15) is 0 Å². The molecule has 1 aromatic rings. The summed E-state index contributed by atoms with van der Waals surface area (Å²) in [5, 5.41) is 3.00. The van der Waals surface area contributed by atoms with Crippen molar-refractivity contribution in [3.05, 3.63) is 28.2 Å². The second kappa shape index (κ2) is 5.80. The van der Waals surface area contributed by atoms with E-state index in [1.54, 1.807) is 18.2 Å². The third-order valence-corrected chi connectivity index (χ3v) is 2.12. The van der Waals surface area contributed by atoms with E-state index in [0.717, 1.165) is 0 Å². The van der Waals surface area contributed by atoms with Crippen LogP contribution in [0.4, 0.5) is 4.79 Å². The van der Waals surface area contributed by atoms with E-state index in [4.69, 9.17) is 33.7 Å². The highest BCUT2D eigenvalue weighted by molar-refractivity contribution is 6.37. The fourth-order valence-electron chi connectivity index (χ4n) is 0.883. The minimum Gasteiger partial charge on any atom is -0.407 e. The summed E-state index contributed by atoms with van der Waals surface area (Å²) >= 11 is 11.6. The normalized spacial score (nSPS) is 9.80. The maximum Gasteiger partial charge on any atom is 0.412 e. The average Bonchev–Trinajstić information content (AvgIpc) is 2.21. The first-order valence-electron chi connectivity index (χ1n) is 4.25. The van der Waals surface area contributed by atoms with Crippen LogP contribution in [0.15, 0.2) is 18.2 Å². The third-order valence-electron chi connectivity index (χ3n) is 1.53. The van der Waals surface area contributed by atoms with Crippen LogP contribution in [0.25, 0.3) is 0 Å². The van der Waals surface area contributed by atoms with E-state index in [0.29, 0.717) is 13.1 Å².